The van der Waals surface area contributed by atoms with Gasteiger partial charge in [0.2, 0.25) is 0 Å². The molecule has 0 saturated carbocycles. The topological polar surface area (TPSA) is 28.2 Å². The Kier molecular flexibility index (Phi) is 4.32. The molecule has 1 N–H and O–H groups in total. The van der Waals surface area contributed by atoms with E-state index < -0.39 is 0 Å². The molecule has 16 heavy (non-hydrogen) atoms. The van der Waals surface area contributed by atoms with Crippen molar-refractivity contribution in [3.05, 3.63) is 16.1 Å². The minimum Gasteiger partial charge on any atom is -0.317 e. The lowest BCUT2D eigenvalue weighted by Crippen LogP contribution is -2.34. The quantitative estimate of drug-likeness (QED) is 0.869. The molecule has 1 aromatic rings. The molecule has 0 spiro atoms. The number of thiazole rings is 1. The van der Waals surface area contributed by atoms with E-state index in [1.165, 1.54) is 37.5 Å². The second-order valence-corrected chi connectivity index (χ2v) is 5.72. The third-order valence-corrected chi connectivity index (χ3v) is 4.05. The second-order valence-electron chi connectivity index (χ2n) is 4.77. The van der Waals surface area contributed by atoms with Crippen LogP contribution < -0.4 is 5.32 Å². The first-order chi connectivity index (χ1) is 7.74. The average Bonchev–Trinajstić information content (AvgIpc) is 2.65. The zero-order valence-corrected chi connectivity index (χ0v) is 11.0. The zero-order chi connectivity index (χ0) is 11.4. The van der Waals surface area contributed by atoms with Crippen molar-refractivity contribution in [2.45, 2.75) is 26.3 Å². The van der Waals surface area contributed by atoms with Crippen molar-refractivity contribution in [2.75, 3.05) is 26.7 Å². The SMILES string of the molecule is Cc1csc(CN(C)CC2CCNCC2)n1. The summed E-state index contributed by atoms with van der Waals surface area (Å²) in [5.41, 5.74) is 1.15. The van der Waals surface area contributed by atoms with Crippen LogP contribution in [0.3, 0.4) is 0 Å². The first kappa shape index (κ1) is 12.0. The average molecular weight is 239 g/mol. The Morgan fingerprint density at radius 3 is 2.88 bits per heavy atom. The molecule has 1 fully saturated rings. The summed E-state index contributed by atoms with van der Waals surface area (Å²) in [6.07, 6.45) is 2.64. The normalized spacial score (nSPS) is 18.2. The largest absolute Gasteiger partial charge is 0.317 e. The molecule has 0 atom stereocenters. The number of aryl methyl sites for hydroxylation is 1. The van der Waals surface area contributed by atoms with Gasteiger partial charge in [-0.15, -0.1) is 11.3 Å². The Balaban J connectivity index is 1.77. The van der Waals surface area contributed by atoms with Crippen LogP contribution in [0.25, 0.3) is 0 Å². The molecule has 0 radical (unpaired) electrons. The van der Waals surface area contributed by atoms with Crippen LogP contribution in [0.15, 0.2) is 5.38 Å². The lowest BCUT2D eigenvalue weighted by molar-refractivity contribution is 0.234. The maximum absolute atomic E-state index is 4.51. The molecule has 1 aliphatic heterocycles. The van der Waals surface area contributed by atoms with E-state index in [0.29, 0.717) is 0 Å². The smallest absolute Gasteiger partial charge is 0.107 e. The maximum atomic E-state index is 4.51. The summed E-state index contributed by atoms with van der Waals surface area (Å²) in [5.74, 6) is 0.868. The van der Waals surface area contributed by atoms with Gasteiger partial charge in [0.15, 0.2) is 0 Å². The third kappa shape index (κ3) is 3.54. The predicted molar refractivity (Wildman–Crippen MR) is 68.8 cm³/mol. The molecule has 0 amide bonds. The summed E-state index contributed by atoms with van der Waals surface area (Å²) in [6.45, 7) is 6.65. The Hall–Kier alpha value is -0.450. The molecule has 0 aromatic carbocycles. The highest BCUT2D eigenvalue weighted by Gasteiger charge is 2.15. The van der Waals surface area contributed by atoms with Crippen LogP contribution in [0, 0.1) is 12.8 Å². The summed E-state index contributed by atoms with van der Waals surface area (Å²) < 4.78 is 0. The van der Waals surface area contributed by atoms with Crippen molar-refractivity contribution in [3.8, 4) is 0 Å². The second kappa shape index (κ2) is 5.75. The summed E-state index contributed by atoms with van der Waals surface area (Å²) >= 11 is 1.77. The summed E-state index contributed by atoms with van der Waals surface area (Å²) in [6, 6.07) is 0. The Bertz CT molecular complexity index is 318. The predicted octanol–water partition coefficient (Wildman–Crippen LogP) is 1.88. The van der Waals surface area contributed by atoms with Crippen LogP contribution in [-0.2, 0) is 6.54 Å². The standard InChI is InChI=1S/C12H21N3S/c1-10-9-16-12(14-10)8-15(2)7-11-3-5-13-6-4-11/h9,11,13H,3-8H2,1-2H3. The van der Waals surface area contributed by atoms with Crippen LogP contribution in [0.1, 0.15) is 23.5 Å². The lowest BCUT2D eigenvalue weighted by Gasteiger charge is -2.27. The molecule has 2 heterocycles. The number of nitrogens with one attached hydrogen (secondary N) is 1. The van der Waals surface area contributed by atoms with Crippen LogP contribution in [0.2, 0.25) is 0 Å². The van der Waals surface area contributed by atoms with Gasteiger partial charge in [0.1, 0.15) is 5.01 Å². The minimum atomic E-state index is 0.868. The lowest BCUT2D eigenvalue weighted by atomic mass is 9.98. The van der Waals surface area contributed by atoms with E-state index in [-0.39, 0.29) is 0 Å². The molecule has 3 nitrogen and oxygen atoms in total. The van der Waals surface area contributed by atoms with Gasteiger partial charge in [0.05, 0.1) is 6.54 Å². The molecule has 4 heteroatoms. The fraction of sp³-hybridized carbons (Fsp3) is 0.750. The molecule has 0 aliphatic carbocycles. The summed E-state index contributed by atoms with van der Waals surface area (Å²) in [5, 5.41) is 6.79. The van der Waals surface area contributed by atoms with Crippen molar-refractivity contribution >= 4 is 11.3 Å². The number of piperidine rings is 1. The first-order valence-corrected chi connectivity index (χ1v) is 6.92. The van der Waals surface area contributed by atoms with E-state index in [4.69, 9.17) is 0 Å². The van der Waals surface area contributed by atoms with Crippen molar-refractivity contribution < 1.29 is 0 Å². The highest BCUT2D eigenvalue weighted by molar-refractivity contribution is 7.09. The van der Waals surface area contributed by atoms with Gasteiger partial charge in [-0.3, -0.25) is 4.90 Å². The van der Waals surface area contributed by atoms with Crippen LogP contribution in [0.4, 0.5) is 0 Å². The van der Waals surface area contributed by atoms with Crippen molar-refractivity contribution in [2.24, 2.45) is 5.92 Å². The Morgan fingerprint density at radius 1 is 1.50 bits per heavy atom. The first-order valence-electron chi connectivity index (χ1n) is 6.04. The summed E-state index contributed by atoms with van der Waals surface area (Å²) in [4.78, 5) is 6.92. The van der Waals surface area contributed by atoms with Gasteiger partial charge >= 0.3 is 0 Å². The van der Waals surface area contributed by atoms with Crippen molar-refractivity contribution in [1.29, 1.82) is 0 Å². The maximum Gasteiger partial charge on any atom is 0.107 e. The molecule has 2 rings (SSSR count). The number of aromatic nitrogens is 1. The Morgan fingerprint density at radius 2 is 2.25 bits per heavy atom. The zero-order valence-electron chi connectivity index (χ0n) is 10.2. The van der Waals surface area contributed by atoms with Gasteiger partial charge in [-0.2, -0.15) is 0 Å². The monoisotopic (exact) mass is 239 g/mol. The van der Waals surface area contributed by atoms with Crippen molar-refractivity contribution in [1.82, 2.24) is 15.2 Å². The van der Waals surface area contributed by atoms with Gasteiger partial charge in [-0.1, -0.05) is 0 Å². The highest BCUT2D eigenvalue weighted by atomic mass is 32.1. The number of nitrogens with zero attached hydrogens (tertiary/aromatic N) is 2. The van der Waals surface area contributed by atoms with Gasteiger partial charge in [-0.25, -0.2) is 4.98 Å². The van der Waals surface area contributed by atoms with E-state index in [1.807, 2.05) is 0 Å². The third-order valence-electron chi connectivity index (χ3n) is 3.10. The van der Waals surface area contributed by atoms with Crippen LogP contribution >= 0.6 is 11.3 Å². The van der Waals surface area contributed by atoms with E-state index in [9.17, 15) is 0 Å². The molecule has 1 aliphatic rings. The molecule has 0 unspecified atom stereocenters. The van der Waals surface area contributed by atoms with Gasteiger partial charge in [-0.05, 0) is 45.8 Å². The van der Waals surface area contributed by atoms with Crippen LogP contribution in [-0.4, -0.2) is 36.6 Å². The molecular formula is C12H21N3S. The van der Waals surface area contributed by atoms with Gasteiger partial charge < -0.3 is 5.32 Å². The van der Waals surface area contributed by atoms with Gasteiger partial charge in [0.25, 0.3) is 0 Å². The fourth-order valence-electron chi connectivity index (χ4n) is 2.28. The highest BCUT2D eigenvalue weighted by Crippen LogP contribution is 2.15. The number of rotatable bonds is 4. The van der Waals surface area contributed by atoms with Crippen LogP contribution in [0.5, 0.6) is 0 Å². The molecule has 1 saturated heterocycles. The van der Waals surface area contributed by atoms with Gasteiger partial charge in [0, 0.05) is 17.6 Å². The molecular weight excluding hydrogens is 218 g/mol. The molecule has 0 bridgehead atoms. The number of hydrogen-bond acceptors (Lipinski definition) is 4. The minimum absolute atomic E-state index is 0.868. The fourth-order valence-corrected chi connectivity index (χ4v) is 3.13. The van der Waals surface area contributed by atoms with E-state index >= 15 is 0 Å². The van der Waals surface area contributed by atoms with E-state index in [2.05, 4.69) is 34.6 Å². The number of hydrogen-bond donors (Lipinski definition) is 1. The molecule has 1 aromatic heterocycles. The van der Waals surface area contributed by atoms with E-state index in [1.54, 1.807) is 11.3 Å². The van der Waals surface area contributed by atoms with Crippen molar-refractivity contribution in [3.63, 3.8) is 0 Å². The Labute approximate surface area is 102 Å². The van der Waals surface area contributed by atoms with E-state index in [0.717, 1.165) is 18.2 Å². The molecule has 90 valence electrons. The summed E-state index contributed by atoms with van der Waals surface area (Å²) in [7, 11) is 2.21.